The first-order valence-electron chi connectivity index (χ1n) is 6.28. The van der Waals surface area contributed by atoms with Gasteiger partial charge in [-0.1, -0.05) is 13.8 Å². The van der Waals surface area contributed by atoms with E-state index >= 15 is 0 Å². The Morgan fingerprint density at radius 1 is 1.59 bits per heavy atom. The van der Waals surface area contributed by atoms with Crippen molar-refractivity contribution in [3.05, 3.63) is 12.2 Å². The topological polar surface area (TPSA) is 52.0 Å². The maximum atomic E-state index is 5.42. The van der Waals surface area contributed by atoms with Crippen molar-refractivity contribution in [2.24, 2.45) is 5.92 Å². The molecule has 0 spiro atoms. The molecule has 5 heteroatoms. The van der Waals surface area contributed by atoms with E-state index in [4.69, 9.17) is 4.74 Å². The fourth-order valence-electron chi connectivity index (χ4n) is 2.02. The van der Waals surface area contributed by atoms with Crippen LogP contribution in [0.4, 0.5) is 0 Å². The third-order valence-corrected chi connectivity index (χ3v) is 3.13. The molecule has 17 heavy (non-hydrogen) atoms. The molecule has 2 rings (SSSR count). The molecule has 1 aliphatic rings. The van der Waals surface area contributed by atoms with Gasteiger partial charge in [-0.05, 0) is 19.3 Å². The summed E-state index contributed by atoms with van der Waals surface area (Å²) in [6, 6.07) is 0. The highest BCUT2D eigenvalue weighted by Gasteiger charge is 2.29. The Morgan fingerprint density at radius 3 is 3.06 bits per heavy atom. The zero-order valence-electron chi connectivity index (χ0n) is 10.9. The maximum Gasteiger partial charge on any atom is 0.140 e. The molecule has 1 saturated heterocycles. The molecule has 1 N–H and O–H groups in total. The van der Waals surface area contributed by atoms with Gasteiger partial charge in [0.2, 0.25) is 0 Å². The van der Waals surface area contributed by atoms with Crippen LogP contribution in [0.3, 0.4) is 0 Å². The van der Waals surface area contributed by atoms with Crippen molar-refractivity contribution < 1.29 is 4.74 Å². The van der Waals surface area contributed by atoms with E-state index in [0.29, 0.717) is 5.92 Å². The third kappa shape index (κ3) is 3.26. The molecule has 1 aromatic heterocycles. The number of nitrogens with one attached hydrogen (secondary N) is 1. The van der Waals surface area contributed by atoms with Gasteiger partial charge >= 0.3 is 0 Å². The van der Waals surface area contributed by atoms with Crippen LogP contribution in [-0.2, 0) is 17.8 Å². The molecule has 0 aromatic carbocycles. The van der Waals surface area contributed by atoms with Gasteiger partial charge < -0.3 is 10.1 Å². The van der Waals surface area contributed by atoms with Gasteiger partial charge in [0.15, 0.2) is 0 Å². The van der Waals surface area contributed by atoms with Crippen molar-refractivity contribution in [1.82, 2.24) is 20.1 Å². The number of hydrogen-bond donors (Lipinski definition) is 1. The van der Waals surface area contributed by atoms with Crippen LogP contribution in [-0.4, -0.2) is 33.5 Å². The Labute approximate surface area is 103 Å². The third-order valence-electron chi connectivity index (χ3n) is 3.13. The molecule has 0 aliphatic carbocycles. The molecule has 1 aliphatic heterocycles. The first-order chi connectivity index (χ1) is 8.09. The number of nitrogens with zero attached hydrogens (tertiary/aromatic N) is 3. The summed E-state index contributed by atoms with van der Waals surface area (Å²) < 4.78 is 7.40. The lowest BCUT2D eigenvalue weighted by atomic mass is 10.0. The van der Waals surface area contributed by atoms with Crippen molar-refractivity contribution in [3.63, 3.8) is 0 Å². The second kappa shape index (κ2) is 5.14. The van der Waals surface area contributed by atoms with Crippen LogP contribution in [0.5, 0.6) is 0 Å². The van der Waals surface area contributed by atoms with Gasteiger partial charge in [-0.15, -0.1) is 0 Å². The molecule has 0 saturated carbocycles. The van der Waals surface area contributed by atoms with Gasteiger partial charge in [-0.25, -0.2) is 9.67 Å². The van der Waals surface area contributed by atoms with Crippen molar-refractivity contribution in [2.75, 3.05) is 13.2 Å². The van der Waals surface area contributed by atoms with E-state index in [1.807, 2.05) is 4.68 Å². The quantitative estimate of drug-likeness (QED) is 0.837. The van der Waals surface area contributed by atoms with Gasteiger partial charge in [-0.3, -0.25) is 0 Å². The molecule has 0 amide bonds. The highest BCUT2D eigenvalue weighted by atomic mass is 16.5. The van der Waals surface area contributed by atoms with Crippen LogP contribution in [0, 0.1) is 5.92 Å². The molecule has 1 fully saturated rings. The number of rotatable bonds is 5. The average molecular weight is 238 g/mol. The lowest BCUT2D eigenvalue weighted by Crippen LogP contribution is -2.42. The van der Waals surface area contributed by atoms with Gasteiger partial charge in [-0.2, -0.15) is 5.10 Å². The lowest BCUT2D eigenvalue weighted by molar-refractivity contribution is 0.170. The highest BCUT2D eigenvalue weighted by molar-refractivity contribution is 4.91. The van der Waals surface area contributed by atoms with E-state index in [2.05, 4.69) is 36.2 Å². The summed E-state index contributed by atoms with van der Waals surface area (Å²) in [6.45, 7) is 9.88. The maximum absolute atomic E-state index is 5.42. The number of aromatic nitrogens is 3. The summed E-state index contributed by atoms with van der Waals surface area (Å²) in [5.41, 5.74) is 0.0919. The highest BCUT2D eigenvalue weighted by Crippen LogP contribution is 2.17. The van der Waals surface area contributed by atoms with Crippen molar-refractivity contribution in [3.8, 4) is 0 Å². The average Bonchev–Trinajstić information content (AvgIpc) is 2.85. The minimum Gasteiger partial charge on any atom is -0.379 e. The number of ether oxygens (including phenoxy) is 1. The van der Waals surface area contributed by atoms with Gasteiger partial charge in [0.1, 0.15) is 12.2 Å². The second-order valence-electron chi connectivity index (χ2n) is 5.47. The van der Waals surface area contributed by atoms with Crippen LogP contribution >= 0.6 is 0 Å². The van der Waals surface area contributed by atoms with Crippen molar-refractivity contribution in [1.29, 1.82) is 0 Å². The SMILES string of the molecule is CC(C)Cn1ncnc1CNC1(C)CCOC1. The standard InChI is InChI=1S/C12H22N4O/c1-10(2)7-16-11(13-9-15-16)6-14-12(3)4-5-17-8-12/h9-10,14H,4-8H2,1-3H3. The minimum atomic E-state index is 0.0919. The fraction of sp³-hybridized carbons (Fsp3) is 0.833. The van der Waals surface area contributed by atoms with Crippen LogP contribution in [0.25, 0.3) is 0 Å². The van der Waals surface area contributed by atoms with E-state index in [-0.39, 0.29) is 5.54 Å². The normalized spacial score (nSPS) is 24.7. The number of hydrogen-bond acceptors (Lipinski definition) is 4. The predicted octanol–water partition coefficient (Wildman–Crippen LogP) is 1.20. The molecular formula is C12H22N4O. The van der Waals surface area contributed by atoms with Gasteiger partial charge in [0.05, 0.1) is 13.2 Å². The van der Waals surface area contributed by atoms with Crippen LogP contribution in [0.1, 0.15) is 33.0 Å². The summed E-state index contributed by atoms with van der Waals surface area (Å²) in [6.07, 6.45) is 2.69. The molecule has 0 bridgehead atoms. The minimum absolute atomic E-state index is 0.0919. The Bertz CT molecular complexity index is 355. The zero-order valence-corrected chi connectivity index (χ0v) is 10.9. The Kier molecular flexibility index (Phi) is 3.79. The first-order valence-corrected chi connectivity index (χ1v) is 6.28. The summed E-state index contributed by atoms with van der Waals surface area (Å²) in [7, 11) is 0. The van der Waals surface area contributed by atoms with E-state index in [1.165, 1.54) is 0 Å². The van der Waals surface area contributed by atoms with Crippen LogP contribution in [0.15, 0.2) is 6.33 Å². The Balaban J connectivity index is 1.92. The molecule has 5 nitrogen and oxygen atoms in total. The summed E-state index contributed by atoms with van der Waals surface area (Å²) in [5.74, 6) is 1.59. The monoisotopic (exact) mass is 238 g/mol. The van der Waals surface area contributed by atoms with E-state index in [1.54, 1.807) is 6.33 Å². The lowest BCUT2D eigenvalue weighted by Gasteiger charge is -2.23. The Hall–Kier alpha value is -0.940. The van der Waals surface area contributed by atoms with E-state index in [0.717, 1.165) is 38.5 Å². The first kappa shape index (κ1) is 12.5. The molecule has 0 radical (unpaired) electrons. The van der Waals surface area contributed by atoms with Crippen molar-refractivity contribution in [2.45, 2.75) is 45.8 Å². The van der Waals surface area contributed by atoms with Gasteiger partial charge in [0.25, 0.3) is 0 Å². The molecule has 1 aromatic rings. The molecule has 1 unspecified atom stereocenters. The smallest absolute Gasteiger partial charge is 0.140 e. The largest absolute Gasteiger partial charge is 0.379 e. The molecular weight excluding hydrogens is 216 g/mol. The second-order valence-corrected chi connectivity index (χ2v) is 5.47. The van der Waals surface area contributed by atoms with Crippen LogP contribution < -0.4 is 5.32 Å². The summed E-state index contributed by atoms with van der Waals surface area (Å²) >= 11 is 0. The summed E-state index contributed by atoms with van der Waals surface area (Å²) in [5, 5.41) is 7.78. The van der Waals surface area contributed by atoms with E-state index < -0.39 is 0 Å². The Morgan fingerprint density at radius 2 is 2.41 bits per heavy atom. The molecule has 1 atom stereocenters. The summed E-state index contributed by atoms with van der Waals surface area (Å²) in [4.78, 5) is 4.31. The van der Waals surface area contributed by atoms with Crippen LogP contribution in [0.2, 0.25) is 0 Å². The van der Waals surface area contributed by atoms with Gasteiger partial charge in [0, 0.05) is 18.7 Å². The predicted molar refractivity (Wildman–Crippen MR) is 65.5 cm³/mol. The zero-order chi connectivity index (χ0) is 12.3. The van der Waals surface area contributed by atoms with E-state index in [9.17, 15) is 0 Å². The fourth-order valence-corrected chi connectivity index (χ4v) is 2.02. The molecule has 2 heterocycles. The molecule has 96 valence electrons. The van der Waals surface area contributed by atoms with Crippen molar-refractivity contribution >= 4 is 0 Å².